The lowest BCUT2D eigenvalue weighted by molar-refractivity contribution is 0.0946. The van der Waals surface area contributed by atoms with Crippen LogP contribution in [0.15, 0.2) is 48.7 Å². The zero-order valence-electron chi connectivity index (χ0n) is 11.6. The molecule has 0 aliphatic rings. The van der Waals surface area contributed by atoms with Crippen molar-refractivity contribution in [3.8, 4) is 5.75 Å². The van der Waals surface area contributed by atoms with E-state index in [-0.39, 0.29) is 5.91 Å². The molecule has 0 atom stereocenters. The number of amides is 1. The lowest BCUT2D eigenvalue weighted by Crippen LogP contribution is -2.23. The highest BCUT2D eigenvalue weighted by atomic mass is 16.5. The predicted octanol–water partition coefficient (Wildman–Crippen LogP) is 2.50. The number of hydrogen-bond acceptors (Lipinski definition) is 3. The summed E-state index contributed by atoms with van der Waals surface area (Å²) in [5.41, 5.74) is 3.06. The summed E-state index contributed by atoms with van der Waals surface area (Å²) in [6.07, 6.45) is 1.70. The molecule has 21 heavy (non-hydrogen) atoms. The lowest BCUT2D eigenvalue weighted by atomic mass is 10.2. The number of carbonyl (C=O) groups is 1. The fraction of sp³-hybridized carbons (Fsp3) is 0.125. The number of H-pyrrole nitrogens is 1. The Bertz CT molecular complexity index is 747. The highest BCUT2D eigenvalue weighted by Crippen LogP contribution is 2.17. The first kappa shape index (κ1) is 13.2. The van der Waals surface area contributed by atoms with Gasteiger partial charge in [-0.1, -0.05) is 18.2 Å². The molecule has 0 spiro atoms. The summed E-state index contributed by atoms with van der Waals surface area (Å²) in [4.78, 5) is 19.4. The van der Waals surface area contributed by atoms with Gasteiger partial charge in [0.15, 0.2) is 0 Å². The number of methoxy groups -OCH3 is 1. The van der Waals surface area contributed by atoms with Gasteiger partial charge in [-0.15, -0.1) is 0 Å². The van der Waals surface area contributed by atoms with E-state index in [1.165, 1.54) is 0 Å². The maximum Gasteiger partial charge on any atom is 0.268 e. The van der Waals surface area contributed by atoms with Gasteiger partial charge in [0.2, 0.25) is 0 Å². The van der Waals surface area contributed by atoms with Crippen molar-refractivity contribution in [2.75, 3.05) is 7.11 Å². The van der Waals surface area contributed by atoms with Crippen molar-refractivity contribution in [1.29, 1.82) is 0 Å². The molecule has 3 aromatic rings. The molecular formula is C16H15N3O2. The van der Waals surface area contributed by atoms with Gasteiger partial charge in [-0.3, -0.25) is 9.78 Å². The monoisotopic (exact) mass is 281 g/mol. The Morgan fingerprint density at radius 3 is 2.95 bits per heavy atom. The van der Waals surface area contributed by atoms with E-state index >= 15 is 0 Å². The second-order valence-electron chi connectivity index (χ2n) is 4.61. The molecular weight excluding hydrogens is 266 g/mol. The highest BCUT2D eigenvalue weighted by molar-refractivity contribution is 5.97. The summed E-state index contributed by atoms with van der Waals surface area (Å²) in [6, 6.07) is 13.1. The van der Waals surface area contributed by atoms with Crippen molar-refractivity contribution in [2.24, 2.45) is 0 Å². The van der Waals surface area contributed by atoms with Crippen molar-refractivity contribution >= 4 is 16.9 Å². The van der Waals surface area contributed by atoms with Crippen molar-refractivity contribution in [3.63, 3.8) is 0 Å². The number of ether oxygens (including phenoxy) is 1. The Labute approximate surface area is 122 Å². The van der Waals surface area contributed by atoms with Crippen molar-refractivity contribution in [3.05, 3.63) is 59.9 Å². The molecule has 0 bridgehead atoms. The van der Waals surface area contributed by atoms with E-state index in [2.05, 4.69) is 15.3 Å². The average Bonchev–Trinajstić information content (AvgIpc) is 2.97. The Morgan fingerprint density at radius 1 is 1.29 bits per heavy atom. The average molecular weight is 281 g/mol. The summed E-state index contributed by atoms with van der Waals surface area (Å²) >= 11 is 0. The smallest absolute Gasteiger partial charge is 0.268 e. The van der Waals surface area contributed by atoms with Crippen molar-refractivity contribution in [2.45, 2.75) is 6.54 Å². The van der Waals surface area contributed by atoms with Crippen molar-refractivity contribution < 1.29 is 9.53 Å². The number of pyridine rings is 1. The van der Waals surface area contributed by atoms with Gasteiger partial charge < -0.3 is 15.0 Å². The molecule has 106 valence electrons. The zero-order chi connectivity index (χ0) is 14.7. The van der Waals surface area contributed by atoms with Crippen LogP contribution in [-0.2, 0) is 6.54 Å². The normalized spacial score (nSPS) is 10.5. The lowest BCUT2D eigenvalue weighted by Gasteiger charge is -2.08. The molecule has 2 N–H and O–H groups in total. The Balaban J connectivity index is 1.74. The first-order valence-corrected chi connectivity index (χ1v) is 6.62. The van der Waals surface area contributed by atoms with Gasteiger partial charge in [-0.05, 0) is 24.3 Å². The van der Waals surface area contributed by atoms with Gasteiger partial charge in [0.05, 0.1) is 18.1 Å². The number of para-hydroxylation sites is 1. The van der Waals surface area contributed by atoms with Crippen LogP contribution in [-0.4, -0.2) is 23.0 Å². The highest BCUT2D eigenvalue weighted by Gasteiger charge is 2.10. The predicted molar refractivity (Wildman–Crippen MR) is 80.3 cm³/mol. The molecule has 0 aliphatic carbocycles. The number of hydrogen-bond donors (Lipinski definition) is 2. The number of nitrogens with zero attached hydrogens (tertiary/aromatic N) is 1. The Kier molecular flexibility index (Phi) is 3.55. The van der Waals surface area contributed by atoms with Crippen LogP contribution in [0.5, 0.6) is 5.75 Å². The molecule has 0 saturated carbocycles. The van der Waals surface area contributed by atoms with Gasteiger partial charge in [-0.2, -0.15) is 0 Å². The molecule has 5 heteroatoms. The minimum atomic E-state index is -0.168. The fourth-order valence-corrected chi connectivity index (χ4v) is 2.20. The van der Waals surface area contributed by atoms with Crippen LogP contribution >= 0.6 is 0 Å². The van der Waals surface area contributed by atoms with Crippen LogP contribution in [0.3, 0.4) is 0 Å². The quantitative estimate of drug-likeness (QED) is 0.772. The van der Waals surface area contributed by atoms with E-state index in [0.29, 0.717) is 12.2 Å². The largest absolute Gasteiger partial charge is 0.496 e. The van der Waals surface area contributed by atoms with Gasteiger partial charge >= 0.3 is 0 Å². The standard InChI is InChI=1S/C16H15N3O2/c1-21-15-7-3-2-5-11(15)10-18-16(20)14-9-13-12(19-14)6-4-8-17-13/h2-9,19H,10H2,1H3,(H,18,20). The van der Waals surface area contributed by atoms with E-state index < -0.39 is 0 Å². The summed E-state index contributed by atoms with van der Waals surface area (Å²) in [7, 11) is 1.62. The Morgan fingerprint density at radius 2 is 2.14 bits per heavy atom. The van der Waals surface area contributed by atoms with E-state index in [4.69, 9.17) is 4.74 Å². The molecule has 3 rings (SSSR count). The second-order valence-corrected chi connectivity index (χ2v) is 4.61. The first-order valence-electron chi connectivity index (χ1n) is 6.62. The van der Waals surface area contributed by atoms with Gasteiger partial charge in [0.1, 0.15) is 11.4 Å². The SMILES string of the molecule is COc1ccccc1CNC(=O)c1cc2ncccc2[nH]1. The fourth-order valence-electron chi connectivity index (χ4n) is 2.20. The number of fused-ring (bicyclic) bond motifs is 1. The number of aromatic nitrogens is 2. The summed E-state index contributed by atoms with van der Waals surface area (Å²) < 4.78 is 5.26. The van der Waals surface area contributed by atoms with E-state index in [1.54, 1.807) is 19.4 Å². The third-order valence-corrected chi connectivity index (χ3v) is 3.27. The maximum atomic E-state index is 12.2. The number of rotatable bonds is 4. The second kappa shape index (κ2) is 5.66. The number of carbonyl (C=O) groups excluding carboxylic acids is 1. The Hall–Kier alpha value is -2.82. The minimum absolute atomic E-state index is 0.168. The minimum Gasteiger partial charge on any atom is -0.496 e. The summed E-state index contributed by atoms with van der Waals surface area (Å²) in [6.45, 7) is 0.408. The molecule has 0 unspecified atom stereocenters. The van der Waals surface area contributed by atoms with Crippen LogP contribution in [0.25, 0.3) is 11.0 Å². The maximum absolute atomic E-state index is 12.2. The van der Waals surface area contributed by atoms with E-state index in [9.17, 15) is 4.79 Å². The molecule has 5 nitrogen and oxygen atoms in total. The molecule has 1 amide bonds. The first-order chi connectivity index (χ1) is 10.3. The van der Waals surface area contributed by atoms with Crippen molar-refractivity contribution in [1.82, 2.24) is 15.3 Å². The molecule has 0 radical (unpaired) electrons. The third-order valence-electron chi connectivity index (χ3n) is 3.27. The number of benzene rings is 1. The molecule has 1 aromatic carbocycles. The van der Waals surface area contributed by atoms with Crippen LogP contribution in [0.4, 0.5) is 0 Å². The topological polar surface area (TPSA) is 67.0 Å². The van der Waals surface area contributed by atoms with Gasteiger partial charge in [0.25, 0.3) is 5.91 Å². The van der Waals surface area contributed by atoms with Gasteiger partial charge in [0, 0.05) is 18.3 Å². The molecule has 0 fully saturated rings. The molecule has 0 aliphatic heterocycles. The number of nitrogens with one attached hydrogen (secondary N) is 2. The molecule has 2 heterocycles. The summed E-state index contributed by atoms with van der Waals surface area (Å²) in [5, 5.41) is 2.87. The van der Waals surface area contributed by atoms with E-state index in [1.807, 2.05) is 36.4 Å². The van der Waals surface area contributed by atoms with Crippen LogP contribution < -0.4 is 10.1 Å². The number of aromatic amines is 1. The van der Waals surface area contributed by atoms with Gasteiger partial charge in [-0.25, -0.2) is 0 Å². The molecule has 2 aromatic heterocycles. The van der Waals surface area contributed by atoms with Crippen LogP contribution in [0, 0.1) is 0 Å². The van der Waals surface area contributed by atoms with Crippen LogP contribution in [0.2, 0.25) is 0 Å². The summed E-state index contributed by atoms with van der Waals surface area (Å²) in [5.74, 6) is 0.593. The van der Waals surface area contributed by atoms with E-state index in [0.717, 1.165) is 22.3 Å². The third kappa shape index (κ3) is 2.72. The van der Waals surface area contributed by atoms with Crippen LogP contribution in [0.1, 0.15) is 16.1 Å². The zero-order valence-corrected chi connectivity index (χ0v) is 11.6. The molecule has 0 saturated heterocycles.